The largest absolute Gasteiger partial charge is 0.493 e. The Morgan fingerprint density at radius 3 is 2.79 bits per heavy atom. The zero-order valence-corrected chi connectivity index (χ0v) is 12.1. The molecule has 0 atom stereocenters. The van der Waals surface area contributed by atoms with E-state index >= 15 is 0 Å². The van der Waals surface area contributed by atoms with Gasteiger partial charge in [-0.15, -0.1) is 0 Å². The van der Waals surface area contributed by atoms with Crippen molar-refractivity contribution in [3.05, 3.63) is 29.8 Å². The minimum atomic E-state index is 0.309. The molecule has 19 heavy (non-hydrogen) atoms. The first-order valence-electron chi connectivity index (χ1n) is 6.62. The summed E-state index contributed by atoms with van der Waals surface area (Å²) in [6, 6.07) is 5.98. The minimum Gasteiger partial charge on any atom is -0.493 e. The molecule has 0 bridgehead atoms. The van der Waals surface area contributed by atoms with Crippen LogP contribution in [0, 0.1) is 0 Å². The van der Waals surface area contributed by atoms with Crippen molar-refractivity contribution in [1.82, 2.24) is 0 Å². The molecule has 0 saturated carbocycles. The summed E-state index contributed by atoms with van der Waals surface area (Å²) in [4.78, 5) is 0. The maximum Gasteiger partial charge on any atom is 0.162 e. The topological polar surface area (TPSA) is 44.5 Å². The Hall–Kier alpha value is -1.13. The first kappa shape index (κ1) is 14.3. The third kappa shape index (κ3) is 4.18. The number of methoxy groups -OCH3 is 1. The van der Waals surface area contributed by atoms with Gasteiger partial charge in [0, 0.05) is 6.54 Å². The highest BCUT2D eigenvalue weighted by Crippen LogP contribution is 2.31. The van der Waals surface area contributed by atoms with Gasteiger partial charge in [-0.25, -0.2) is 0 Å². The fourth-order valence-electron chi connectivity index (χ4n) is 2.07. The van der Waals surface area contributed by atoms with Gasteiger partial charge in [0.05, 0.1) is 7.11 Å². The van der Waals surface area contributed by atoms with Gasteiger partial charge in [0.1, 0.15) is 6.10 Å². The molecule has 2 N–H and O–H groups in total. The highest BCUT2D eigenvalue weighted by molar-refractivity contribution is 7.99. The summed E-state index contributed by atoms with van der Waals surface area (Å²) < 4.78 is 11.5. The van der Waals surface area contributed by atoms with Crippen LogP contribution in [0.25, 0.3) is 6.08 Å². The van der Waals surface area contributed by atoms with E-state index in [2.05, 4.69) is 0 Å². The van der Waals surface area contributed by atoms with Crippen molar-refractivity contribution in [2.24, 2.45) is 5.73 Å². The van der Waals surface area contributed by atoms with Gasteiger partial charge >= 0.3 is 0 Å². The Labute approximate surface area is 119 Å². The molecule has 0 amide bonds. The summed E-state index contributed by atoms with van der Waals surface area (Å²) in [6.07, 6.45) is 6.46. The molecule has 0 unspecified atom stereocenters. The van der Waals surface area contributed by atoms with E-state index in [4.69, 9.17) is 15.2 Å². The Morgan fingerprint density at radius 1 is 1.32 bits per heavy atom. The zero-order valence-electron chi connectivity index (χ0n) is 11.3. The van der Waals surface area contributed by atoms with Gasteiger partial charge in [-0.05, 0) is 42.0 Å². The van der Waals surface area contributed by atoms with Gasteiger partial charge in [0.25, 0.3) is 0 Å². The number of nitrogens with two attached hydrogens (primary N) is 1. The molecule has 1 aromatic carbocycles. The quantitative estimate of drug-likeness (QED) is 0.900. The molecule has 1 aromatic rings. The van der Waals surface area contributed by atoms with Crippen molar-refractivity contribution in [2.75, 3.05) is 25.2 Å². The average molecular weight is 279 g/mol. The van der Waals surface area contributed by atoms with Crippen LogP contribution in [0.1, 0.15) is 18.4 Å². The number of benzene rings is 1. The second-order valence-electron chi connectivity index (χ2n) is 4.48. The Morgan fingerprint density at radius 2 is 2.11 bits per heavy atom. The van der Waals surface area contributed by atoms with Crippen LogP contribution in [0.15, 0.2) is 24.3 Å². The highest BCUT2D eigenvalue weighted by atomic mass is 32.2. The fraction of sp³-hybridized carbons (Fsp3) is 0.467. The van der Waals surface area contributed by atoms with Gasteiger partial charge in [0.2, 0.25) is 0 Å². The number of rotatable bonds is 5. The molecule has 104 valence electrons. The number of thioether (sulfide) groups is 1. The zero-order chi connectivity index (χ0) is 13.5. The Balaban J connectivity index is 2.13. The van der Waals surface area contributed by atoms with E-state index in [-0.39, 0.29) is 0 Å². The van der Waals surface area contributed by atoms with Crippen LogP contribution < -0.4 is 15.2 Å². The van der Waals surface area contributed by atoms with E-state index in [0.717, 1.165) is 29.9 Å². The first-order chi connectivity index (χ1) is 9.33. The predicted molar refractivity (Wildman–Crippen MR) is 82.1 cm³/mol. The smallest absolute Gasteiger partial charge is 0.162 e. The lowest BCUT2D eigenvalue weighted by Crippen LogP contribution is -2.22. The summed E-state index contributed by atoms with van der Waals surface area (Å²) in [7, 11) is 1.67. The molecule has 0 radical (unpaired) electrons. The Bertz CT molecular complexity index is 428. The minimum absolute atomic E-state index is 0.309. The van der Waals surface area contributed by atoms with Gasteiger partial charge < -0.3 is 15.2 Å². The monoisotopic (exact) mass is 279 g/mol. The third-order valence-electron chi connectivity index (χ3n) is 3.10. The molecule has 4 heteroatoms. The van der Waals surface area contributed by atoms with Crippen LogP contribution in [0.3, 0.4) is 0 Å². The standard InChI is InChI=1S/C15H21NO2S/c1-17-14-5-4-12(3-2-8-16)11-15(14)18-13-6-9-19-10-7-13/h2-5,11,13H,6-10,16H2,1H3/b3-2+. The van der Waals surface area contributed by atoms with Gasteiger partial charge in [-0.1, -0.05) is 18.2 Å². The molecule has 1 saturated heterocycles. The SMILES string of the molecule is COc1ccc(/C=C/CN)cc1OC1CCSCC1. The van der Waals surface area contributed by atoms with Crippen molar-refractivity contribution in [2.45, 2.75) is 18.9 Å². The van der Waals surface area contributed by atoms with Crippen molar-refractivity contribution in [1.29, 1.82) is 0 Å². The van der Waals surface area contributed by atoms with E-state index in [9.17, 15) is 0 Å². The van der Waals surface area contributed by atoms with E-state index < -0.39 is 0 Å². The molecule has 1 heterocycles. The molecule has 0 aliphatic carbocycles. The first-order valence-corrected chi connectivity index (χ1v) is 7.78. The summed E-state index contributed by atoms with van der Waals surface area (Å²) in [5.74, 6) is 3.99. The maximum atomic E-state index is 6.09. The number of ether oxygens (including phenoxy) is 2. The third-order valence-corrected chi connectivity index (χ3v) is 4.14. The second kappa shape index (κ2) is 7.46. The van der Waals surface area contributed by atoms with Gasteiger partial charge in [-0.2, -0.15) is 11.8 Å². The van der Waals surface area contributed by atoms with Crippen LogP contribution in [0.4, 0.5) is 0 Å². The van der Waals surface area contributed by atoms with E-state index in [0.29, 0.717) is 12.6 Å². The highest BCUT2D eigenvalue weighted by Gasteiger charge is 2.17. The van der Waals surface area contributed by atoms with Crippen molar-refractivity contribution >= 4 is 17.8 Å². The van der Waals surface area contributed by atoms with Crippen molar-refractivity contribution in [3.63, 3.8) is 0 Å². The molecule has 1 fully saturated rings. The van der Waals surface area contributed by atoms with Crippen LogP contribution in [0.5, 0.6) is 11.5 Å². The lowest BCUT2D eigenvalue weighted by atomic mass is 10.1. The van der Waals surface area contributed by atoms with E-state index in [1.165, 1.54) is 11.5 Å². The molecule has 1 aliphatic rings. The molecular formula is C15H21NO2S. The molecule has 0 spiro atoms. The summed E-state index contributed by atoms with van der Waals surface area (Å²) in [5, 5.41) is 0. The normalized spacial score (nSPS) is 16.7. The molecular weight excluding hydrogens is 258 g/mol. The van der Waals surface area contributed by atoms with E-state index in [1.807, 2.05) is 42.1 Å². The average Bonchev–Trinajstić information content (AvgIpc) is 2.46. The molecule has 2 rings (SSSR count). The summed E-state index contributed by atoms with van der Waals surface area (Å²) >= 11 is 2.00. The van der Waals surface area contributed by atoms with Gasteiger partial charge in [-0.3, -0.25) is 0 Å². The molecule has 3 nitrogen and oxygen atoms in total. The lowest BCUT2D eigenvalue weighted by molar-refractivity contribution is 0.184. The predicted octanol–water partition coefficient (Wildman–Crippen LogP) is 2.94. The van der Waals surface area contributed by atoms with Crippen molar-refractivity contribution in [3.8, 4) is 11.5 Å². The second-order valence-corrected chi connectivity index (χ2v) is 5.70. The molecule has 0 aromatic heterocycles. The number of hydrogen-bond donors (Lipinski definition) is 1. The summed E-state index contributed by atoms with van der Waals surface area (Å²) in [5.41, 5.74) is 6.56. The van der Waals surface area contributed by atoms with Crippen LogP contribution in [-0.2, 0) is 0 Å². The van der Waals surface area contributed by atoms with Crippen molar-refractivity contribution < 1.29 is 9.47 Å². The lowest BCUT2D eigenvalue weighted by Gasteiger charge is -2.23. The van der Waals surface area contributed by atoms with Gasteiger partial charge in [0.15, 0.2) is 11.5 Å². The van der Waals surface area contributed by atoms with Crippen LogP contribution in [-0.4, -0.2) is 31.3 Å². The summed E-state index contributed by atoms with van der Waals surface area (Å²) in [6.45, 7) is 0.544. The van der Waals surface area contributed by atoms with Crippen LogP contribution >= 0.6 is 11.8 Å². The Kier molecular flexibility index (Phi) is 5.61. The number of hydrogen-bond acceptors (Lipinski definition) is 4. The fourth-order valence-corrected chi connectivity index (χ4v) is 3.13. The molecule has 1 aliphatic heterocycles. The maximum absolute atomic E-state index is 6.09. The van der Waals surface area contributed by atoms with Crippen LogP contribution in [0.2, 0.25) is 0 Å². The van der Waals surface area contributed by atoms with E-state index in [1.54, 1.807) is 7.11 Å².